The molecule has 0 aliphatic carbocycles. The number of hydrogen-bond donors (Lipinski definition) is 3. The maximum absolute atomic E-state index is 12.7. The van der Waals surface area contributed by atoms with Crippen molar-refractivity contribution in [3.8, 4) is 11.4 Å². The number of carbonyl (C=O) groups is 1. The van der Waals surface area contributed by atoms with Gasteiger partial charge in [-0.3, -0.25) is 10.2 Å². The number of aryl methyl sites for hydroxylation is 3. The maximum Gasteiger partial charge on any atom is 0.321 e. The Morgan fingerprint density at radius 2 is 1.93 bits per heavy atom. The van der Waals surface area contributed by atoms with Crippen LogP contribution in [0.15, 0.2) is 18.2 Å². The Kier molecular flexibility index (Phi) is 4.35. The fourth-order valence-corrected chi connectivity index (χ4v) is 3.26. The predicted molar refractivity (Wildman–Crippen MR) is 100 cm³/mol. The van der Waals surface area contributed by atoms with E-state index in [1.54, 1.807) is 4.90 Å². The summed E-state index contributed by atoms with van der Waals surface area (Å²) in [4.78, 5) is 23.3. The van der Waals surface area contributed by atoms with Gasteiger partial charge in [-0.25, -0.2) is 14.8 Å². The first-order valence-corrected chi connectivity index (χ1v) is 8.94. The van der Waals surface area contributed by atoms with E-state index < -0.39 is 0 Å². The van der Waals surface area contributed by atoms with Crippen LogP contribution in [0.25, 0.3) is 11.4 Å². The molecule has 1 atom stereocenters. The number of H-pyrrole nitrogens is 2. The number of hydrogen-bond acceptors (Lipinski definition) is 5. The fourth-order valence-electron chi connectivity index (χ4n) is 3.26. The van der Waals surface area contributed by atoms with Crippen molar-refractivity contribution in [3.63, 3.8) is 0 Å². The molecule has 3 N–H and O–H groups in total. The Morgan fingerprint density at radius 3 is 2.63 bits per heavy atom. The highest BCUT2D eigenvalue weighted by Crippen LogP contribution is 2.27. The second kappa shape index (κ2) is 6.82. The summed E-state index contributed by atoms with van der Waals surface area (Å²) >= 11 is 0. The molecule has 3 aromatic rings. The molecule has 1 aliphatic heterocycles. The summed E-state index contributed by atoms with van der Waals surface area (Å²) in [6, 6.07) is 5.70. The van der Waals surface area contributed by atoms with Crippen LogP contribution in [0.1, 0.15) is 35.4 Å². The molecular weight excluding hydrogens is 344 g/mol. The van der Waals surface area contributed by atoms with Gasteiger partial charge in [0.1, 0.15) is 11.6 Å². The van der Waals surface area contributed by atoms with Crippen LogP contribution in [0.3, 0.4) is 0 Å². The van der Waals surface area contributed by atoms with E-state index in [-0.39, 0.29) is 11.9 Å². The number of aromatic amines is 2. The summed E-state index contributed by atoms with van der Waals surface area (Å²) in [5.41, 5.74) is 2.60. The van der Waals surface area contributed by atoms with Crippen LogP contribution in [0.4, 0.5) is 10.5 Å². The van der Waals surface area contributed by atoms with Crippen LogP contribution in [0.5, 0.6) is 0 Å². The largest absolute Gasteiger partial charge is 0.324 e. The van der Waals surface area contributed by atoms with E-state index in [1.807, 2.05) is 39.0 Å². The molecule has 3 heterocycles. The minimum atomic E-state index is -0.115. The number of benzene rings is 1. The summed E-state index contributed by atoms with van der Waals surface area (Å²) in [5.74, 6) is 3.11. The number of urea groups is 1. The van der Waals surface area contributed by atoms with Gasteiger partial charge in [0.05, 0.1) is 0 Å². The minimum absolute atomic E-state index is 0.115. The highest BCUT2D eigenvalue weighted by molar-refractivity contribution is 5.91. The first kappa shape index (κ1) is 17.2. The summed E-state index contributed by atoms with van der Waals surface area (Å²) in [5, 5.41) is 17.1. The smallest absolute Gasteiger partial charge is 0.321 e. The number of nitrogens with one attached hydrogen (secondary N) is 3. The number of aromatic nitrogens is 6. The van der Waals surface area contributed by atoms with Crippen LogP contribution in [0, 0.1) is 20.8 Å². The van der Waals surface area contributed by atoms with E-state index in [4.69, 9.17) is 0 Å². The van der Waals surface area contributed by atoms with Crippen LogP contribution in [-0.2, 0) is 0 Å². The molecule has 1 fully saturated rings. The zero-order valence-electron chi connectivity index (χ0n) is 15.6. The summed E-state index contributed by atoms with van der Waals surface area (Å²) in [6.07, 6.45) is 0.861. The molecule has 1 unspecified atom stereocenters. The molecule has 9 nitrogen and oxygen atoms in total. The number of likely N-dealkylation sites (tertiary alicyclic amines) is 1. The number of rotatable bonds is 3. The van der Waals surface area contributed by atoms with E-state index in [0.717, 1.165) is 40.7 Å². The molecule has 1 aliphatic rings. The fraction of sp³-hybridized carbons (Fsp3) is 0.389. The summed E-state index contributed by atoms with van der Waals surface area (Å²) < 4.78 is 0. The lowest BCUT2D eigenvalue weighted by Crippen LogP contribution is -2.33. The van der Waals surface area contributed by atoms with E-state index in [1.165, 1.54) is 0 Å². The van der Waals surface area contributed by atoms with Gasteiger partial charge in [-0.1, -0.05) is 12.1 Å². The van der Waals surface area contributed by atoms with Gasteiger partial charge in [0, 0.05) is 30.3 Å². The highest BCUT2D eigenvalue weighted by atomic mass is 16.2. The van der Waals surface area contributed by atoms with Crippen LogP contribution >= 0.6 is 0 Å². The molecule has 2 amide bonds. The maximum atomic E-state index is 12.7. The first-order chi connectivity index (χ1) is 13.0. The third-order valence-electron chi connectivity index (χ3n) is 4.79. The van der Waals surface area contributed by atoms with Gasteiger partial charge in [-0.15, -0.1) is 0 Å². The molecule has 0 radical (unpaired) electrons. The average Bonchev–Trinajstić information content (AvgIpc) is 3.37. The second-order valence-corrected chi connectivity index (χ2v) is 6.91. The Balaban J connectivity index is 1.46. The topological polar surface area (TPSA) is 115 Å². The molecule has 9 heteroatoms. The number of carbonyl (C=O) groups excluding carboxylic acids is 1. The molecule has 4 rings (SSSR count). The molecule has 0 spiro atoms. The molecule has 1 saturated heterocycles. The van der Waals surface area contributed by atoms with Crippen molar-refractivity contribution < 1.29 is 4.79 Å². The Labute approximate surface area is 156 Å². The van der Waals surface area contributed by atoms with Crippen molar-refractivity contribution in [3.05, 3.63) is 41.2 Å². The summed E-state index contributed by atoms with van der Waals surface area (Å²) in [6.45, 7) is 6.99. The van der Waals surface area contributed by atoms with Gasteiger partial charge in [0.2, 0.25) is 0 Å². The van der Waals surface area contributed by atoms with Crippen LogP contribution in [-0.4, -0.2) is 54.4 Å². The standard InChI is InChI=1S/C18H22N8O/c1-10-4-5-13(16-19-11(2)22-24-16)8-15(10)21-18(27)26-7-6-14(9-26)17-20-12(3)23-25-17/h4-5,8,14H,6-7,9H2,1-3H3,(H,21,27)(H,19,22,24)(H,20,23,25). The van der Waals surface area contributed by atoms with E-state index >= 15 is 0 Å². The number of nitrogens with zero attached hydrogens (tertiary/aromatic N) is 5. The monoisotopic (exact) mass is 366 g/mol. The predicted octanol–water partition coefficient (Wildman–Crippen LogP) is 2.54. The van der Waals surface area contributed by atoms with Gasteiger partial charge in [0.15, 0.2) is 11.6 Å². The van der Waals surface area contributed by atoms with Crippen molar-refractivity contribution in [1.82, 2.24) is 35.3 Å². The van der Waals surface area contributed by atoms with Gasteiger partial charge < -0.3 is 10.2 Å². The van der Waals surface area contributed by atoms with Gasteiger partial charge in [0.25, 0.3) is 0 Å². The van der Waals surface area contributed by atoms with Gasteiger partial charge in [-0.2, -0.15) is 10.2 Å². The van der Waals surface area contributed by atoms with Gasteiger partial charge in [-0.05, 0) is 38.8 Å². The third-order valence-corrected chi connectivity index (χ3v) is 4.79. The lowest BCUT2D eigenvalue weighted by Gasteiger charge is -2.18. The lowest BCUT2D eigenvalue weighted by atomic mass is 10.1. The van der Waals surface area contributed by atoms with Crippen LogP contribution < -0.4 is 5.32 Å². The van der Waals surface area contributed by atoms with Crippen molar-refractivity contribution >= 4 is 11.7 Å². The molecule has 0 bridgehead atoms. The van der Waals surface area contributed by atoms with Crippen molar-refractivity contribution in [1.29, 1.82) is 0 Å². The molecule has 0 saturated carbocycles. The Hall–Kier alpha value is -3.23. The van der Waals surface area contributed by atoms with E-state index in [0.29, 0.717) is 18.9 Å². The normalized spacial score (nSPS) is 16.7. The molecule has 140 valence electrons. The van der Waals surface area contributed by atoms with Crippen molar-refractivity contribution in [2.75, 3.05) is 18.4 Å². The SMILES string of the molecule is Cc1nc(-c2ccc(C)c(NC(=O)N3CCC(c4n[nH]c(C)n4)C3)c2)n[nH]1. The van der Waals surface area contributed by atoms with Crippen molar-refractivity contribution in [2.45, 2.75) is 33.1 Å². The number of anilines is 1. The molecule has 1 aromatic carbocycles. The minimum Gasteiger partial charge on any atom is -0.324 e. The van der Waals surface area contributed by atoms with E-state index in [9.17, 15) is 4.79 Å². The van der Waals surface area contributed by atoms with Gasteiger partial charge >= 0.3 is 6.03 Å². The third kappa shape index (κ3) is 3.53. The summed E-state index contributed by atoms with van der Waals surface area (Å²) in [7, 11) is 0. The average molecular weight is 366 g/mol. The molecular formula is C18H22N8O. The lowest BCUT2D eigenvalue weighted by molar-refractivity contribution is 0.222. The first-order valence-electron chi connectivity index (χ1n) is 8.94. The van der Waals surface area contributed by atoms with Crippen LogP contribution in [0.2, 0.25) is 0 Å². The quantitative estimate of drug-likeness (QED) is 0.659. The molecule has 2 aromatic heterocycles. The Bertz CT molecular complexity index is 975. The van der Waals surface area contributed by atoms with Crippen molar-refractivity contribution in [2.24, 2.45) is 0 Å². The number of amides is 2. The zero-order chi connectivity index (χ0) is 19.0. The zero-order valence-corrected chi connectivity index (χ0v) is 15.6. The second-order valence-electron chi connectivity index (χ2n) is 6.91. The molecule has 27 heavy (non-hydrogen) atoms. The Morgan fingerprint density at radius 1 is 1.15 bits per heavy atom. The van der Waals surface area contributed by atoms with E-state index in [2.05, 4.69) is 35.7 Å². The highest BCUT2D eigenvalue weighted by Gasteiger charge is 2.30.